The normalized spacial score (nSPS) is 8.00. The second kappa shape index (κ2) is 5.52. The molecule has 0 bridgehead atoms. The molecule has 0 aromatic rings. The molecule has 0 aliphatic heterocycles. The molecular weight excluding hydrogens is 86.1 g/mol. The molecular formula is C6H11N. The van der Waals surface area contributed by atoms with Gasteiger partial charge in [0.25, 0.3) is 0 Å². The molecule has 0 heterocycles. The largest absolute Gasteiger partial charge is 0.316 e. The molecule has 1 N–H and O–H groups in total. The van der Waals surface area contributed by atoms with E-state index in [1.807, 2.05) is 0 Å². The Morgan fingerprint density at radius 2 is 2.43 bits per heavy atom. The van der Waals surface area contributed by atoms with E-state index in [-0.39, 0.29) is 0 Å². The summed E-state index contributed by atoms with van der Waals surface area (Å²) in [5.74, 6) is 2.54. The summed E-state index contributed by atoms with van der Waals surface area (Å²) in [5, 5.41) is 3.11. The zero-order valence-corrected chi connectivity index (χ0v) is 4.70. The second-order valence-corrected chi connectivity index (χ2v) is 1.31. The van der Waals surface area contributed by atoms with Gasteiger partial charge in [0.05, 0.1) is 0 Å². The Bertz CT molecular complexity index is 61.1. The van der Waals surface area contributed by atoms with Crippen molar-refractivity contribution in [3.05, 3.63) is 0 Å². The highest BCUT2D eigenvalue weighted by atomic mass is 14.8. The van der Waals surface area contributed by atoms with Gasteiger partial charge in [0.2, 0.25) is 0 Å². The minimum atomic E-state index is 0.841. The van der Waals surface area contributed by atoms with Crippen molar-refractivity contribution in [3.8, 4) is 12.3 Å². The van der Waals surface area contributed by atoms with Crippen molar-refractivity contribution in [1.29, 1.82) is 0 Å². The van der Waals surface area contributed by atoms with Crippen LogP contribution >= 0.6 is 0 Å². The molecule has 0 radical (unpaired) electrons. The van der Waals surface area contributed by atoms with E-state index in [4.69, 9.17) is 6.42 Å². The lowest BCUT2D eigenvalue weighted by Crippen LogP contribution is -2.12. The van der Waals surface area contributed by atoms with Crippen molar-refractivity contribution in [3.63, 3.8) is 0 Å². The molecule has 0 fully saturated rings. The van der Waals surface area contributed by atoms with Crippen LogP contribution in [0.15, 0.2) is 0 Å². The van der Waals surface area contributed by atoms with E-state index in [0.29, 0.717) is 0 Å². The fourth-order valence-corrected chi connectivity index (χ4v) is 0.337. The molecule has 0 aliphatic rings. The minimum Gasteiger partial charge on any atom is -0.316 e. The van der Waals surface area contributed by atoms with Gasteiger partial charge in [0.1, 0.15) is 0 Å². The Balaban J connectivity index is 2.60. The molecule has 0 amide bonds. The summed E-state index contributed by atoms with van der Waals surface area (Å²) in [5.41, 5.74) is 0. The van der Waals surface area contributed by atoms with Crippen LogP contribution in [-0.4, -0.2) is 13.1 Å². The quantitative estimate of drug-likeness (QED) is 0.402. The Morgan fingerprint density at radius 1 is 1.71 bits per heavy atom. The summed E-state index contributed by atoms with van der Waals surface area (Å²) in [6.45, 7) is 4.03. The standard InChI is InChI=1S/C6H11N/c1-3-5-6-7-4-2/h1,7H,4-6H2,2H3. The molecule has 0 rings (SSSR count). The van der Waals surface area contributed by atoms with Crippen molar-refractivity contribution in [2.45, 2.75) is 13.3 Å². The average Bonchev–Trinajstić information content (AvgIpc) is 1.69. The third kappa shape index (κ3) is 5.52. The first kappa shape index (κ1) is 6.52. The molecule has 0 atom stereocenters. The van der Waals surface area contributed by atoms with E-state index < -0.39 is 0 Å². The first-order valence-corrected chi connectivity index (χ1v) is 2.56. The lowest BCUT2D eigenvalue weighted by atomic mass is 10.4. The number of rotatable bonds is 3. The molecule has 0 unspecified atom stereocenters. The minimum absolute atomic E-state index is 0.841. The van der Waals surface area contributed by atoms with Crippen LogP contribution in [0.25, 0.3) is 0 Å². The van der Waals surface area contributed by atoms with E-state index in [0.717, 1.165) is 19.5 Å². The first-order chi connectivity index (χ1) is 3.41. The van der Waals surface area contributed by atoms with Gasteiger partial charge in [-0.25, -0.2) is 0 Å². The summed E-state index contributed by atoms with van der Waals surface area (Å²) < 4.78 is 0. The van der Waals surface area contributed by atoms with E-state index in [9.17, 15) is 0 Å². The van der Waals surface area contributed by atoms with E-state index in [1.165, 1.54) is 0 Å². The van der Waals surface area contributed by atoms with Crippen LogP contribution in [-0.2, 0) is 0 Å². The molecule has 0 saturated carbocycles. The van der Waals surface area contributed by atoms with Gasteiger partial charge >= 0.3 is 0 Å². The Kier molecular flexibility index (Phi) is 5.14. The fourth-order valence-electron chi connectivity index (χ4n) is 0.337. The number of hydrogen-bond donors (Lipinski definition) is 1. The van der Waals surface area contributed by atoms with Crippen LogP contribution < -0.4 is 5.32 Å². The van der Waals surface area contributed by atoms with Crippen LogP contribution in [0.5, 0.6) is 0 Å². The maximum Gasteiger partial charge on any atom is 0.0211 e. The van der Waals surface area contributed by atoms with Crippen LogP contribution in [0.3, 0.4) is 0 Å². The maximum absolute atomic E-state index is 4.98. The predicted octanol–water partition coefficient (Wildman–Crippen LogP) is 0.619. The molecule has 0 aromatic carbocycles. The molecule has 1 nitrogen and oxygen atoms in total. The zero-order chi connectivity index (χ0) is 5.54. The van der Waals surface area contributed by atoms with Gasteiger partial charge in [-0.05, 0) is 6.54 Å². The summed E-state index contributed by atoms with van der Waals surface area (Å²) in [6, 6.07) is 0. The monoisotopic (exact) mass is 97.1 g/mol. The molecule has 7 heavy (non-hydrogen) atoms. The van der Waals surface area contributed by atoms with Crippen LogP contribution in [0.2, 0.25) is 0 Å². The Morgan fingerprint density at radius 3 is 2.86 bits per heavy atom. The van der Waals surface area contributed by atoms with Crippen LogP contribution in [0, 0.1) is 12.3 Å². The molecule has 1 heteroatoms. The van der Waals surface area contributed by atoms with Gasteiger partial charge in [0.15, 0.2) is 0 Å². The van der Waals surface area contributed by atoms with Crippen molar-refractivity contribution in [2.75, 3.05) is 13.1 Å². The predicted molar refractivity (Wildman–Crippen MR) is 32.0 cm³/mol. The average molecular weight is 97.2 g/mol. The first-order valence-electron chi connectivity index (χ1n) is 2.56. The second-order valence-electron chi connectivity index (χ2n) is 1.31. The lowest BCUT2D eigenvalue weighted by molar-refractivity contribution is 0.733. The Labute approximate surface area is 45.1 Å². The highest BCUT2D eigenvalue weighted by Crippen LogP contribution is 1.66. The smallest absolute Gasteiger partial charge is 0.0211 e. The van der Waals surface area contributed by atoms with Crippen LogP contribution in [0.1, 0.15) is 13.3 Å². The molecule has 0 aromatic heterocycles. The van der Waals surface area contributed by atoms with Crippen LogP contribution in [0.4, 0.5) is 0 Å². The third-order valence-electron chi connectivity index (χ3n) is 0.696. The van der Waals surface area contributed by atoms with Crippen molar-refractivity contribution < 1.29 is 0 Å². The topological polar surface area (TPSA) is 12.0 Å². The van der Waals surface area contributed by atoms with Crippen molar-refractivity contribution in [2.24, 2.45) is 0 Å². The number of terminal acetylenes is 1. The maximum atomic E-state index is 4.98. The highest BCUT2D eigenvalue weighted by molar-refractivity contribution is 4.83. The van der Waals surface area contributed by atoms with Gasteiger partial charge in [-0.15, -0.1) is 12.3 Å². The summed E-state index contributed by atoms with van der Waals surface area (Å²) in [6.07, 6.45) is 5.82. The number of hydrogen-bond acceptors (Lipinski definition) is 1. The Hall–Kier alpha value is -0.480. The van der Waals surface area contributed by atoms with Gasteiger partial charge in [-0.1, -0.05) is 6.92 Å². The van der Waals surface area contributed by atoms with Crippen molar-refractivity contribution >= 4 is 0 Å². The third-order valence-corrected chi connectivity index (χ3v) is 0.696. The highest BCUT2D eigenvalue weighted by Gasteiger charge is 1.74. The lowest BCUT2D eigenvalue weighted by Gasteiger charge is -1.91. The van der Waals surface area contributed by atoms with Gasteiger partial charge < -0.3 is 5.32 Å². The van der Waals surface area contributed by atoms with E-state index >= 15 is 0 Å². The van der Waals surface area contributed by atoms with E-state index in [1.54, 1.807) is 0 Å². The zero-order valence-electron chi connectivity index (χ0n) is 4.70. The van der Waals surface area contributed by atoms with E-state index in [2.05, 4.69) is 18.2 Å². The van der Waals surface area contributed by atoms with Gasteiger partial charge in [-0.2, -0.15) is 0 Å². The summed E-state index contributed by atoms with van der Waals surface area (Å²) >= 11 is 0. The summed E-state index contributed by atoms with van der Waals surface area (Å²) in [7, 11) is 0. The molecule has 40 valence electrons. The van der Waals surface area contributed by atoms with Gasteiger partial charge in [-0.3, -0.25) is 0 Å². The fraction of sp³-hybridized carbons (Fsp3) is 0.667. The SMILES string of the molecule is C#CCCNCC. The number of nitrogens with one attached hydrogen (secondary N) is 1. The molecule has 0 aliphatic carbocycles. The molecule has 0 spiro atoms. The van der Waals surface area contributed by atoms with Crippen molar-refractivity contribution in [1.82, 2.24) is 5.32 Å². The molecule has 0 saturated heterocycles. The summed E-state index contributed by atoms with van der Waals surface area (Å²) in [4.78, 5) is 0. The van der Waals surface area contributed by atoms with Gasteiger partial charge in [0, 0.05) is 13.0 Å².